The molecule has 0 saturated carbocycles. The van der Waals surface area contributed by atoms with Gasteiger partial charge >= 0.3 is 0 Å². The number of para-hydroxylation sites is 2. The molecule has 0 bridgehead atoms. The van der Waals surface area contributed by atoms with E-state index in [1.54, 1.807) is 7.11 Å². The van der Waals surface area contributed by atoms with Crippen LogP contribution >= 0.6 is 0 Å². The van der Waals surface area contributed by atoms with Crippen LogP contribution in [-0.4, -0.2) is 62.6 Å². The van der Waals surface area contributed by atoms with Gasteiger partial charge in [0.1, 0.15) is 11.9 Å². The molecule has 5 nitrogen and oxygen atoms in total. The van der Waals surface area contributed by atoms with Crippen LogP contribution in [0.5, 0.6) is 5.75 Å². The fraction of sp³-hybridized carbons (Fsp3) is 0.357. The zero-order valence-electron chi connectivity index (χ0n) is 19.6. The van der Waals surface area contributed by atoms with Gasteiger partial charge in [-0.3, -0.25) is 4.90 Å². The van der Waals surface area contributed by atoms with Crippen molar-refractivity contribution < 1.29 is 14.6 Å². The number of rotatable bonds is 9. The van der Waals surface area contributed by atoms with Crippen LogP contribution in [-0.2, 0) is 4.74 Å². The van der Waals surface area contributed by atoms with Crippen LogP contribution in [0.25, 0.3) is 0 Å². The van der Waals surface area contributed by atoms with Crippen molar-refractivity contribution in [2.24, 2.45) is 0 Å². The molecule has 1 heterocycles. The summed E-state index contributed by atoms with van der Waals surface area (Å²) < 4.78 is 11.8. The Bertz CT molecular complexity index is 1000. The number of aryl methyl sites for hydroxylation is 1. The van der Waals surface area contributed by atoms with Crippen molar-refractivity contribution in [2.75, 3.05) is 51.3 Å². The van der Waals surface area contributed by atoms with Gasteiger partial charge in [-0.25, -0.2) is 0 Å². The normalized spacial score (nSPS) is 16.4. The summed E-state index contributed by atoms with van der Waals surface area (Å²) in [6.45, 7) is 6.61. The van der Waals surface area contributed by atoms with E-state index < -0.39 is 6.10 Å². The lowest BCUT2D eigenvalue weighted by Crippen LogP contribution is -2.49. The Hall–Kier alpha value is -2.86. The molecule has 0 radical (unpaired) electrons. The molecule has 33 heavy (non-hydrogen) atoms. The van der Waals surface area contributed by atoms with Crippen molar-refractivity contribution in [3.8, 4) is 5.75 Å². The summed E-state index contributed by atoms with van der Waals surface area (Å²) in [5.41, 5.74) is 4.56. The number of hydrogen-bond acceptors (Lipinski definition) is 5. The molecule has 3 aromatic carbocycles. The minimum Gasteiger partial charge on any atom is -0.495 e. The fourth-order valence-electron chi connectivity index (χ4n) is 4.49. The highest BCUT2D eigenvalue weighted by Crippen LogP contribution is 2.30. The number of aliphatic hydroxyl groups is 1. The second-order valence-electron chi connectivity index (χ2n) is 8.59. The highest BCUT2D eigenvalue weighted by molar-refractivity contribution is 5.58. The molecule has 5 heteroatoms. The van der Waals surface area contributed by atoms with Crippen molar-refractivity contribution >= 4 is 5.69 Å². The fourth-order valence-corrected chi connectivity index (χ4v) is 4.49. The van der Waals surface area contributed by atoms with Crippen molar-refractivity contribution in [1.29, 1.82) is 0 Å². The Morgan fingerprint density at radius 3 is 2.24 bits per heavy atom. The Morgan fingerprint density at radius 2 is 1.52 bits per heavy atom. The van der Waals surface area contributed by atoms with Crippen molar-refractivity contribution in [3.63, 3.8) is 0 Å². The lowest BCUT2D eigenvalue weighted by Gasteiger charge is -2.37. The van der Waals surface area contributed by atoms with Crippen LogP contribution in [0.15, 0.2) is 78.9 Å². The maximum atomic E-state index is 10.8. The van der Waals surface area contributed by atoms with Gasteiger partial charge in [-0.05, 0) is 35.7 Å². The first-order valence-corrected chi connectivity index (χ1v) is 11.7. The molecule has 1 aliphatic rings. The van der Waals surface area contributed by atoms with E-state index in [2.05, 4.69) is 47.1 Å². The number of methoxy groups -OCH3 is 1. The van der Waals surface area contributed by atoms with Crippen LogP contribution in [0.1, 0.15) is 22.8 Å². The highest BCUT2D eigenvalue weighted by Gasteiger charge is 2.23. The van der Waals surface area contributed by atoms with E-state index in [9.17, 15) is 5.11 Å². The number of piperazine rings is 1. The van der Waals surface area contributed by atoms with Crippen LogP contribution in [0.4, 0.5) is 5.69 Å². The molecule has 1 aliphatic heterocycles. The molecule has 1 saturated heterocycles. The van der Waals surface area contributed by atoms with Crippen LogP contribution in [0, 0.1) is 6.92 Å². The van der Waals surface area contributed by atoms with E-state index in [0.29, 0.717) is 13.2 Å². The summed E-state index contributed by atoms with van der Waals surface area (Å²) in [6.07, 6.45) is -0.734. The zero-order chi connectivity index (χ0) is 23.0. The number of aliphatic hydroxyl groups excluding tert-OH is 1. The van der Waals surface area contributed by atoms with Gasteiger partial charge in [0.2, 0.25) is 0 Å². The number of hydrogen-bond donors (Lipinski definition) is 1. The highest BCUT2D eigenvalue weighted by atomic mass is 16.5. The number of nitrogens with zero attached hydrogens (tertiary/aromatic N) is 2. The molecule has 0 aromatic heterocycles. The minimum atomic E-state index is -0.543. The number of β-amino-alcohol motifs (C(OH)–C–C–N with tert-alkyl or cyclic N) is 1. The van der Waals surface area contributed by atoms with E-state index >= 15 is 0 Å². The first-order valence-electron chi connectivity index (χ1n) is 11.7. The van der Waals surface area contributed by atoms with Crippen molar-refractivity contribution in [1.82, 2.24) is 4.90 Å². The monoisotopic (exact) mass is 446 g/mol. The molecule has 0 amide bonds. The lowest BCUT2D eigenvalue weighted by atomic mass is 9.97. The second kappa shape index (κ2) is 11.3. The summed E-state index contributed by atoms with van der Waals surface area (Å²) in [4.78, 5) is 4.66. The first kappa shape index (κ1) is 23.3. The quantitative estimate of drug-likeness (QED) is 0.531. The SMILES string of the molecule is COc1ccccc1N1CCN(C[C@H](O)CO[C@@H](c2ccccc2)c2ccccc2C)CC1. The molecular formula is C28H34N2O3. The Balaban J connectivity index is 1.33. The zero-order valence-corrected chi connectivity index (χ0v) is 19.6. The maximum Gasteiger partial charge on any atom is 0.142 e. The van der Waals surface area contributed by atoms with E-state index in [-0.39, 0.29) is 6.10 Å². The first-order chi connectivity index (χ1) is 16.2. The van der Waals surface area contributed by atoms with Gasteiger partial charge in [-0.1, -0.05) is 66.7 Å². The average molecular weight is 447 g/mol. The van der Waals surface area contributed by atoms with E-state index in [4.69, 9.17) is 9.47 Å². The molecule has 2 atom stereocenters. The third kappa shape index (κ3) is 5.93. The predicted molar refractivity (Wildman–Crippen MR) is 133 cm³/mol. The molecular weight excluding hydrogens is 412 g/mol. The molecule has 0 unspecified atom stereocenters. The molecule has 4 rings (SSSR count). The van der Waals surface area contributed by atoms with Gasteiger partial charge in [0.05, 0.1) is 25.5 Å². The summed E-state index contributed by atoms with van der Waals surface area (Å²) in [5.74, 6) is 0.905. The van der Waals surface area contributed by atoms with Crippen LogP contribution < -0.4 is 9.64 Å². The molecule has 3 aromatic rings. The molecule has 0 spiro atoms. The number of ether oxygens (including phenoxy) is 2. The van der Waals surface area contributed by atoms with Gasteiger partial charge in [-0.15, -0.1) is 0 Å². The Morgan fingerprint density at radius 1 is 0.848 bits per heavy atom. The second-order valence-corrected chi connectivity index (χ2v) is 8.59. The van der Waals surface area contributed by atoms with E-state index in [1.807, 2.05) is 48.5 Å². The number of anilines is 1. The maximum absolute atomic E-state index is 10.8. The largest absolute Gasteiger partial charge is 0.495 e. The van der Waals surface area contributed by atoms with Crippen LogP contribution in [0.2, 0.25) is 0 Å². The topological polar surface area (TPSA) is 45.2 Å². The van der Waals surface area contributed by atoms with Gasteiger partial charge in [-0.2, -0.15) is 0 Å². The van der Waals surface area contributed by atoms with Gasteiger partial charge < -0.3 is 19.5 Å². The van der Waals surface area contributed by atoms with E-state index in [0.717, 1.165) is 48.7 Å². The smallest absolute Gasteiger partial charge is 0.142 e. The standard InChI is InChI=1S/C28H34N2O3/c1-22-10-6-7-13-25(22)28(23-11-4-3-5-12-23)33-21-24(31)20-29-16-18-30(19-17-29)26-14-8-9-15-27(26)32-2/h3-15,24,28,31H,16-21H2,1-2H3/t24-,28-/m0/s1. The third-order valence-electron chi connectivity index (χ3n) is 6.30. The minimum absolute atomic E-state index is 0.190. The summed E-state index contributed by atoms with van der Waals surface area (Å²) in [6, 6.07) is 26.7. The molecule has 1 fully saturated rings. The van der Waals surface area contributed by atoms with Gasteiger partial charge in [0.15, 0.2) is 0 Å². The predicted octanol–water partition coefficient (Wildman–Crippen LogP) is 4.29. The summed E-state index contributed by atoms with van der Waals surface area (Å²) in [7, 11) is 1.71. The Labute approximate surface area is 197 Å². The van der Waals surface area contributed by atoms with Crippen molar-refractivity contribution in [2.45, 2.75) is 19.1 Å². The molecule has 1 N–H and O–H groups in total. The van der Waals surface area contributed by atoms with Gasteiger partial charge in [0, 0.05) is 32.7 Å². The summed E-state index contributed by atoms with van der Waals surface area (Å²) in [5, 5.41) is 10.8. The third-order valence-corrected chi connectivity index (χ3v) is 6.30. The summed E-state index contributed by atoms with van der Waals surface area (Å²) >= 11 is 0. The van der Waals surface area contributed by atoms with E-state index in [1.165, 1.54) is 5.56 Å². The van der Waals surface area contributed by atoms with Gasteiger partial charge in [0.25, 0.3) is 0 Å². The van der Waals surface area contributed by atoms with Crippen LogP contribution in [0.3, 0.4) is 0 Å². The number of benzene rings is 3. The average Bonchev–Trinajstić information content (AvgIpc) is 2.86. The molecule has 174 valence electrons. The Kier molecular flexibility index (Phi) is 8.00. The lowest BCUT2D eigenvalue weighted by molar-refractivity contribution is -0.00911. The van der Waals surface area contributed by atoms with Crippen molar-refractivity contribution in [3.05, 3.63) is 95.6 Å². The molecule has 0 aliphatic carbocycles.